The van der Waals surface area contributed by atoms with Crippen LogP contribution in [-0.2, 0) is 6.54 Å². The molecule has 0 aliphatic carbocycles. The van der Waals surface area contributed by atoms with Crippen LogP contribution in [0.15, 0.2) is 24.4 Å². The van der Waals surface area contributed by atoms with E-state index in [0.29, 0.717) is 24.5 Å². The molecular formula is C13H17N5O2. The van der Waals surface area contributed by atoms with E-state index in [-0.39, 0.29) is 11.6 Å². The van der Waals surface area contributed by atoms with E-state index in [4.69, 9.17) is 10.5 Å². The zero-order chi connectivity index (χ0) is 14.5. The Morgan fingerprint density at radius 2 is 2.30 bits per heavy atom. The molecule has 2 aromatic rings. The number of carbonyl (C=O) groups excluding carboxylic acids is 1. The lowest BCUT2D eigenvalue weighted by Gasteiger charge is -2.09. The summed E-state index contributed by atoms with van der Waals surface area (Å²) < 4.78 is 6.74. The molecule has 0 aliphatic heterocycles. The SMILES string of the molecule is COc1ccc(C)cc1NC(=O)c1cn(CCN)nn1. The van der Waals surface area contributed by atoms with Crippen LogP contribution in [0.5, 0.6) is 5.75 Å². The Bertz CT molecular complexity index is 609. The number of nitrogens with one attached hydrogen (secondary N) is 1. The van der Waals surface area contributed by atoms with Crippen LogP contribution in [-0.4, -0.2) is 34.6 Å². The van der Waals surface area contributed by atoms with Gasteiger partial charge in [0.05, 0.1) is 25.5 Å². The first-order valence-corrected chi connectivity index (χ1v) is 6.20. The number of carbonyl (C=O) groups is 1. The van der Waals surface area contributed by atoms with Crippen LogP contribution in [0.2, 0.25) is 0 Å². The fourth-order valence-electron chi connectivity index (χ4n) is 1.75. The molecule has 0 aliphatic rings. The Balaban J connectivity index is 2.16. The lowest BCUT2D eigenvalue weighted by atomic mass is 10.2. The van der Waals surface area contributed by atoms with Gasteiger partial charge in [-0.2, -0.15) is 0 Å². The normalized spacial score (nSPS) is 10.3. The van der Waals surface area contributed by atoms with Gasteiger partial charge in [-0.15, -0.1) is 5.10 Å². The number of nitrogens with zero attached hydrogens (tertiary/aromatic N) is 3. The van der Waals surface area contributed by atoms with Crippen molar-refractivity contribution < 1.29 is 9.53 Å². The molecule has 0 fully saturated rings. The third-order valence-corrected chi connectivity index (χ3v) is 2.73. The second-order valence-electron chi connectivity index (χ2n) is 4.31. The first kappa shape index (κ1) is 14.0. The molecule has 7 nitrogen and oxygen atoms in total. The van der Waals surface area contributed by atoms with Gasteiger partial charge in [0, 0.05) is 6.54 Å². The number of amides is 1. The van der Waals surface area contributed by atoms with Crippen LogP contribution >= 0.6 is 0 Å². The van der Waals surface area contributed by atoms with Gasteiger partial charge >= 0.3 is 0 Å². The number of benzene rings is 1. The molecule has 106 valence electrons. The third kappa shape index (κ3) is 3.12. The van der Waals surface area contributed by atoms with Gasteiger partial charge in [0.2, 0.25) is 0 Å². The first-order chi connectivity index (χ1) is 9.63. The van der Waals surface area contributed by atoms with Gasteiger partial charge in [-0.3, -0.25) is 9.48 Å². The average Bonchev–Trinajstić information content (AvgIpc) is 2.88. The lowest BCUT2D eigenvalue weighted by Crippen LogP contribution is -2.13. The van der Waals surface area contributed by atoms with Crippen molar-refractivity contribution in [1.29, 1.82) is 0 Å². The molecule has 0 atom stereocenters. The number of rotatable bonds is 5. The molecule has 7 heteroatoms. The maximum atomic E-state index is 12.1. The molecular weight excluding hydrogens is 258 g/mol. The maximum Gasteiger partial charge on any atom is 0.277 e. The fraction of sp³-hybridized carbons (Fsp3) is 0.308. The molecule has 1 heterocycles. The lowest BCUT2D eigenvalue weighted by molar-refractivity contribution is 0.102. The molecule has 0 unspecified atom stereocenters. The van der Waals surface area contributed by atoms with E-state index >= 15 is 0 Å². The third-order valence-electron chi connectivity index (χ3n) is 2.73. The monoisotopic (exact) mass is 275 g/mol. The summed E-state index contributed by atoms with van der Waals surface area (Å²) in [6.45, 7) is 2.90. The van der Waals surface area contributed by atoms with Crippen molar-refractivity contribution in [3.8, 4) is 5.75 Å². The Morgan fingerprint density at radius 3 is 3.00 bits per heavy atom. The minimum absolute atomic E-state index is 0.238. The van der Waals surface area contributed by atoms with E-state index in [0.717, 1.165) is 5.56 Å². The molecule has 0 saturated carbocycles. The Kier molecular flexibility index (Phi) is 4.31. The van der Waals surface area contributed by atoms with Gasteiger partial charge in [-0.1, -0.05) is 11.3 Å². The summed E-state index contributed by atoms with van der Waals surface area (Å²) in [7, 11) is 1.55. The van der Waals surface area contributed by atoms with E-state index in [1.54, 1.807) is 19.4 Å². The highest BCUT2D eigenvalue weighted by Gasteiger charge is 2.13. The van der Waals surface area contributed by atoms with Crippen molar-refractivity contribution >= 4 is 11.6 Å². The van der Waals surface area contributed by atoms with Crippen LogP contribution in [0.3, 0.4) is 0 Å². The van der Waals surface area contributed by atoms with Gasteiger partial charge < -0.3 is 15.8 Å². The number of methoxy groups -OCH3 is 1. The predicted octanol–water partition coefficient (Wildman–Crippen LogP) is 0.806. The zero-order valence-electron chi connectivity index (χ0n) is 11.5. The molecule has 20 heavy (non-hydrogen) atoms. The molecule has 1 aromatic heterocycles. The Morgan fingerprint density at radius 1 is 1.50 bits per heavy atom. The van der Waals surface area contributed by atoms with E-state index in [1.807, 2.05) is 19.1 Å². The highest BCUT2D eigenvalue weighted by molar-refractivity contribution is 6.03. The topological polar surface area (TPSA) is 95.1 Å². The largest absolute Gasteiger partial charge is 0.495 e. The summed E-state index contributed by atoms with van der Waals surface area (Å²) >= 11 is 0. The Hall–Kier alpha value is -2.41. The number of hydrogen-bond donors (Lipinski definition) is 2. The highest BCUT2D eigenvalue weighted by atomic mass is 16.5. The highest BCUT2D eigenvalue weighted by Crippen LogP contribution is 2.25. The number of hydrogen-bond acceptors (Lipinski definition) is 5. The minimum Gasteiger partial charge on any atom is -0.495 e. The fourth-order valence-corrected chi connectivity index (χ4v) is 1.75. The molecule has 1 amide bonds. The van der Waals surface area contributed by atoms with E-state index in [2.05, 4.69) is 15.6 Å². The van der Waals surface area contributed by atoms with Gasteiger partial charge in [-0.25, -0.2) is 0 Å². The van der Waals surface area contributed by atoms with Gasteiger partial charge in [0.15, 0.2) is 5.69 Å². The van der Waals surface area contributed by atoms with E-state index in [1.165, 1.54) is 4.68 Å². The number of anilines is 1. The maximum absolute atomic E-state index is 12.1. The van der Waals surface area contributed by atoms with Crippen molar-refractivity contribution in [3.05, 3.63) is 35.7 Å². The minimum atomic E-state index is -0.336. The summed E-state index contributed by atoms with van der Waals surface area (Å²) in [5.41, 5.74) is 7.28. The van der Waals surface area contributed by atoms with Crippen molar-refractivity contribution in [1.82, 2.24) is 15.0 Å². The molecule has 2 rings (SSSR count). The predicted molar refractivity (Wildman–Crippen MR) is 74.8 cm³/mol. The second kappa shape index (κ2) is 6.16. The summed E-state index contributed by atoms with van der Waals surface area (Å²) in [5.74, 6) is 0.260. The quantitative estimate of drug-likeness (QED) is 0.841. The molecule has 1 aromatic carbocycles. The molecule has 0 bridgehead atoms. The summed E-state index contributed by atoms with van der Waals surface area (Å²) in [5, 5.41) is 10.4. The van der Waals surface area contributed by atoms with Crippen LogP contribution in [0.4, 0.5) is 5.69 Å². The van der Waals surface area contributed by atoms with Crippen molar-refractivity contribution in [3.63, 3.8) is 0 Å². The van der Waals surface area contributed by atoms with Gasteiger partial charge in [-0.05, 0) is 24.6 Å². The molecule has 0 saturated heterocycles. The van der Waals surface area contributed by atoms with Gasteiger partial charge in [0.25, 0.3) is 5.91 Å². The first-order valence-electron chi connectivity index (χ1n) is 6.20. The second-order valence-corrected chi connectivity index (χ2v) is 4.31. The van der Waals surface area contributed by atoms with Gasteiger partial charge in [0.1, 0.15) is 5.75 Å². The van der Waals surface area contributed by atoms with E-state index in [9.17, 15) is 4.79 Å². The van der Waals surface area contributed by atoms with E-state index < -0.39 is 0 Å². The number of nitrogens with two attached hydrogens (primary N) is 1. The Labute approximate surface area is 116 Å². The zero-order valence-corrected chi connectivity index (χ0v) is 11.5. The molecule has 3 N–H and O–H groups in total. The average molecular weight is 275 g/mol. The standard InChI is InChI=1S/C13H17N5O2/c1-9-3-4-12(20-2)10(7-9)15-13(19)11-8-18(6-5-14)17-16-11/h3-4,7-8H,5-6,14H2,1-2H3,(H,15,19). The van der Waals surface area contributed by atoms with Crippen LogP contribution in [0.25, 0.3) is 0 Å². The number of ether oxygens (including phenoxy) is 1. The summed E-state index contributed by atoms with van der Waals surface area (Å²) in [6.07, 6.45) is 1.56. The van der Waals surface area contributed by atoms with Crippen molar-refractivity contribution in [2.75, 3.05) is 19.0 Å². The molecule has 0 radical (unpaired) electrons. The smallest absolute Gasteiger partial charge is 0.277 e. The summed E-state index contributed by atoms with van der Waals surface area (Å²) in [6, 6.07) is 5.54. The van der Waals surface area contributed by atoms with Crippen LogP contribution in [0.1, 0.15) is 16.1 Å². The van der Waals surface area contributed by atoms with Crippen molar-refractivity contribution in [2.45, 2.75) is 13.5 Å². The van der Waals surface area contributed by atoms with Crippen LogP contribution < -0.4 is 15.8 Å². The summed E-state index contributed by atoms with van der Waals surface area (Å²) in [4.78, 5) is 12.1. The van der Waals surface area contributed by atoms with Crippen molar-refractivity contribution in [2.24, 2.45) is 5.73 Å². The molecule has 0 spiro atoms. The van der Waals surface area contributed by atoms with Crippen LogP contribution in [0, 0.1) is 6.92 Å². The number of aryl methyl sites for hydroxylation is 1. The number of aromatic nitrogens is 3.